The number of carbonyl (C=O) groups is 1. The van der Waals surface area contributed by atoms with E-state index in [1.54, 1.807) is 0 Å². The summed E-state index contributed by atoms with van der Waals surface area (Å²) in [5.74, 6) is -0.237. The van der Waals surface area contributed by atoms with E-state index in [1.807, 2.05) is 21.0 Å². The van der Waals surface area contributed by atoms with Crippen LogP contribution in [0.3, 0.4) is 0 Å². The Morgan fingerprint density at radius 3 is 2.29 bits per heavy atom. The minimum Gasteiger partial charge on any atom is -0.481 e. The molecule has 1 saturated carbocycles. The molecule has 1 aliphatic carbocycles. The third kappa shape index (κ3) is 2.27. The summed E-state index contributed by atoms with van der Waals surface area (Å²) in [6.45, 7) is 1.97. The SMILES string of the molecule is CCC(C(=O)O)C(C1CCC1)N(C)C. The molecule has 0 bridgehead atoms. The lowest BCUT2D eigenvalue weighted by molar-refractivity contribution is -0.145. The van der Waals surface area contributed by atoms with E-state index in [4.69, 9.17) is 5.11 Å². The highest BCUT2D eigenvalue weighted by atomic mass is 16.4. The minimum atomic E-state index is -0.641. The Kier molecular flexibility index (Phi) is 3.93. The van der Waals surface area contributed by atoms with Gasteiger partial charge in [0, 0.05) is 6.04 Å². The van der Waals surface area contributed by atoms with Crippen molar-refractivity contribution in [2.75, 3.05) is 14.1 Å². The van der Waals surface area contributed by atoms with Crippen molar-refractivity contribution in [3.05, 3.63) is 0 Å². The summed E-state index contributed by atoms with van der Waals surface area (Å²) >= 11 is 0. The zero-order valence-electron chi connectivity index (χ0n) is 9.36. The lowest BCUT2D eigenvalue weighted by Crippen LogP contribution is -2.46. The van der Waals surface area contributed by atoms with E-state index in [-0.39, 0.29) is 12.0 Å². The topological polar surface area (TPSA) is 40.5 Å². The van der Waals surface area contributed by atoms with Crippen molar-refractivity contribution in [2.24, 2.45) is 11.8 Å². The fourth-order valence-electron chi connectivity index (χ4n) is 2.45. The fraction of sp³-hybridized carbons (Fsp3) is 0.909. The van der Waals surface area contributed by atoms with Gasteiger partial charge in [0.1, 0.15) is 0 Å². The third-order valence-corrected chi connectivity index (χ3v) is 3.40. The Balaban J connectivity index is 2.68. The standard InChI is InChI=1S/C11H21NO2/c1-4-9(11(13)14)10(12(2)3)8-6-5-7-8/h8-10H,4-7H2,1-3H3,(H,13,14). The molecule has 0 aromatic heterocycles. The predicted octanol–water partition coefficient (Wildman–Crippen LogP) is 1.83. The zero-order chi connectivity index (χ0) is 10.7. The first-order chi connectivity index (χ1) is 6.57. The molecule has 3 nitrogen and oxygen atoms in total. The van der Waals surface area contributed by atoms with E-state index >= 15 is 0 Å². The highest BCUT2D eigenvalue weighted by Crippen LogP contribution is 2.35. The van der Waals surface area contributed by atoms with Crippen molar-refractivity contribution in [3.63, 3.8) is 0 Å². The van der Waals surface area contributed by atoms with Gasteiger partial charge in [0.25, 0.3) is 0 Å². The summed E-state index contributed by atoms with van der Waals surface area (Å²) in [5.41, 5.74) is 0. The van der Waals surface area contributed by atoms with E-state index in [0.717, 1.165) is 6.42 Å². The molecule has 14 heavy (non-hydrogen) atoms. The van der Waals surface area contributed by atoms with Crippen molar-refractivity contribution >= 4 is 5.97 Å². The first kappa shape index (κ1) is 11.5. The van der Waals surface area contributed by atoms with E-state index in [0.29, 0.717) is 5.92 Å². The molecule has 1 fully saturated rings. The molecular weight excluding hydrogens is 178 g/mol. The average molecular weight is 199 g/mol. The molecule has 0 radical (unpaired) electrons. The number of hydrogen-bond acceptors (Lipinski definition) is 2. The quantitative estimate of drug-likeness (QED) is 0.734. The van der Waals surface area contributed by atoms with Gasteiger partial charge >= 0.3 is 5.97 Å². The highest BCUT2D eigenvalue weighted by Gasteiger charge is 2.37. The molecule has 2 unspecified atom stereocenters. The summed E-state index contributed by atoms with van der Waals surface area (Å²) in [5, 5.41) is 9.13. The summed E-state index contributed by atoms with van der Waals surface area (Å²) in [4.78, 5) is 13.2. The maximum absolute atomic E-state index is 11.1. The second-order valence-electron chi connectivity index (χ2n) is 4.50. The molecule has 0 amide bonds. The smallest absolute Gasteiger partial charge is 0.308 e. The van der Waals surface area contributed by atoms with E-state index in [2.05, 4.69) is 4.90 Å². The van der Waals surface area contributed by atoms with Gasteiger partial charge in [-0.2, -0.15) is 0 Å². The third-order valence-electron chi connectivity index (χ3n) is 3.40. The number of carboxylic acids is 1. The summed E-state index contributed by atoms with van der Waals surface area (Å²) < 4.78 is 0. The zero-order valence-corrected chi connectivity index (χ0v) is 9.36. The molecule has 0 spiro atoms. The average Bonchev–Trinajstić information content (AvgIpc) is 1.99. The van der Waals surface area contributed by atoms with Crippen LogP contribution in [-0.2, 0) is 4.79 Å². The molecule has 0 heterocycles. The lowest BCUT2D eigenvalue weighted by Gasteiger charge is -2.40. The van der Waals surface area contributed by atoms with Crippen LogP contribution in [0.15, 0.2) is 0 Å². The molecule has 1 aliphatic rings. The van der Waals surface area contributed by atoms with Crippen LogP contribution in [0.5, 0.6) is 0 Å². The molecule has 3 heteroatoms. The molecule has 1 rings (SSSR count). The van der Waals surface area contributed by atoms with Gasteiger partial charge in [-0.3, -0.25) is 4.79 Å². The normalized spacial score (nSPS) is 21.7. The molecule has 0 aromatic rings. The molecule has 2 atom stereocenters. The van der Waals surface area contributed by atoms with Crippen molar-refractivity contribution in [1.82, 2.24) is 4.90 Å². The number of hydrogen-bond donors (Lipinski definition) is 1. The Bertz CT molecular complexity index is 199. The van der Waals surface area contributed by atoms with Crippen LogP contribution < -0.4 is 0 Å². The van der Waals surface area contributed by atoms with Crippen LogP contribution in [0, 0.1) is 11.8 Å². The second kappa shape index (κ2) is 4.78. The van der Waals surface area contributed by atoms with E-state index in [1.165, 1.54) is 19.3 Å². The molecule has 0 saturated heterocycles. The van der Waals surface area contributed by atoms with Gasteiger partial charge in [0.2, 0.25) is 0 Å². The Hall–Kier alpha value is -0.570. The van der Waals surface area contributed by atoms with Gasteiger partial charge in [-0.25, -0.2) is 0 Å². The van der Waals surface area contributed by atoms with Crippen LogP contribution in [-0.4, -0.2) is 36.1 Å². The summed E-state index contributed by atoms with van der Waals surface area (Å²) in [7, 11) is 3.99. The van der Waals surface area contributed by atoms with Gasteiger partial charge in [-0.1, -0.05) is 13.3 Å². The monoisotopic (exact) mass is 199 g/mol. The first-order valence-electron chi connectivity index (χ1n) is 5.47. The van der Waals surface area contributed by atoms with Crippen LogP contribution >= 0.6 is 0 Å². The van der Waals surface area contributed by atoms with Crippen molar-refractivity contribution in [1.29, 1.82) is 0 Å². The van der Waals surface area contributed by atoms with E-state index in [9.17, 15) is 4.79 Å². The molecule has 82 valence electrons. The van der Waals surface area contributed by atoms with Gasteiger partial charge in [-0.15, -0.1) is 0 Å². The van der Waals surface area contributed by atoms with Crippen molar-refractivity contribution < 1.29 is 9.90 Å². The Labute approximate surface area is 86.1 Å². The maximum atomic E-state index is 11.1. The van der Waals surface area contributed by atoms with Crippen molar-refractivity contribution in [2.45, 2.75) is 38.6 Å². The van der Waals surface area contributed by atoms with Crippen LogP contribution in [0.4, 0.5) is 0 Å². The molecule has 1 N–H and O–H groups in total. The second-order valence-corrected chi connectivity index (χ2v) is 4.50. The van der Waals surface area contributed by atoms with Gasteiger partial charge in [0.05, 0.1) is 5.92 Å². The van der Waals surface area contributed by atoms with Crippen molar-refractivity contribution in [3.8, 4) is 0 Å². The van der Waals surface area contributed by atoms with E-state index < -0.39 is 5.97 Å². The van der Waals surface area contributed by atoms with Gasteiger partial charge < -0.3 is 10.0 Å². The summed E-state index contributed by atoms with van der Waals surface area (Å²) in [6, 6.07) is 0.228. The van der Waals surface area contributed by atoms with Gasteiger partial charge in [0.15, 0.2) is 0 Å². The lowest BCUT2D eigenvalue weighted by atomic mass is 9.73. The Morgan fingerprint density at radius 2 is 2.07 bits per heavy atom. The first-order valence-corrected chi connectivity index (χ1v) is 5.47. The molecule has 0 aromatic carbocycles. The largest absolute Gasteiger partial charge is 0.481 e. The van der Waals surface area contributed by atoms with Crippen LogP contribution in [0.1, 0.15) is 32.6 Å². The minimum absolute atomic E-state index is 0.199. The number of rotatable bonds is 5. The summed E-state index contributed by atoms with van der Waals surface area (Å²) in [6.07, 6.45) is 4.40. The fourth-order valence-corrected chi connectivity index (χ4v) is 2.45. The molecular formula is C11H21NO2. The number of aliphatic carboxylic acids is 1. The van der Waals surface area contributed by atoms with Crippen LogP contribution in [0.2, 0.25) is 0 Å². The van der Waals surface area contributed by atoms with Crippen LogP contribution in [0.25, 0.3) is 0 Å². The molecule has 0 aliphatic heterocycles. The maximum Gasteiger partial charge on any atom is 0.308 e. The number of nitrogens with zero attached hydrogens (tertiary/aromatic N) is 1. The predicted molar refractivity (Wildman–Crippen MR) is 56.2 cm³/mol. The Morgan fingerprint density at radius 1 is 1.50 bits per heavy atom. The number of carboxylic acid groups (broad SMARTS) is 1. The van der Waals surface area contributed by atoms with Gasteiger partial charge in [-0.05, 0) is 39.3 Å². The highest BCUT2D eigenvalue weighted by molar-refractivity contribution is 5.70.